The lowest BCUT2D eigenvalue weighted by Gasteiger charge is -2.34. The molecule has 3 heterocycles. The Balaban J connectivity index is 1.80. The Hall–Kier alpha value is -1.93. The molecule has 21 heavy (non-hydrogen) atoms. The minimum atomic E-state index is -0.170. The van der Waals surface area contributed by atoms with Gasteiger partial charge in [-0.3, -0.25) is 9.58 Å². The van der Waals surface area contributed by atoms with Gasteiger partial charge in [-0.25, -0.2) is 0 Å². The van der Waals surface area contributed by atoms with Crippen LogP contribution in [0.2, 0.25) is 0 Å². The van der Waals surface area contributed by atoms with Crippen LogP contribution in [0.1, 0.15) is 25.8 Å². The first-order chi connectivity index (χ1) is 10.1. The van der Waals surface area contributed by atoms with Crippen molar-refractivity contribution in [1.82, 2.24) is 24.8 Å². The Bertz CT molecular complexity index is 620. The van der Waals surface area contributed by atoms with Gasteiger partial charge in [0, 0.05) is 26.2 Å². The van der Waals surface area contributed by atoms with Crippen molar-refractivity contribution in [3.8, 4) is 11.5 Å². The molecule has 1 atom stereocenters. The fourth-order valence-electron chi connectivity index (χ4n) is 2.38. The Labute approximate surface area is 122 Å². The molecule has 0 aromatic carbocycles. The summed E-state index contributed by atoms with van der Waals surface area (Å²) in [6, 6.07) is 0.469. The minimum Gasteiger partial charge on any atom is -0.383 e. The van der Waals surface area contributed by atoms with E-state index in [2.05, 4.69) is 34.0 Å². The Morgan fingerprint density at radius 1 is 1.43 bits per heavy atom. The van der Waals surface area contributed by atoms with Gasteiger partial charge < -0.3 is 15.0 Å². The highest BCUT2D eigenvalue weighted by Crippen LogP contribution is 2.27. The quantitative estimate of drug-likeness (QED) is 0.895. The molecular weight excluding hydrogens is 272 g/mol. The molecule has 0 radical (unpaired) electrons. The fraction of sp³-hybridized carbons (Fsp3) is 0.615. The van der Waals surface area contributed by atoms with Crippen molar-refractivity contribution in [3.63, 3.8) is 0 Å². The molecule has 1 aliphatic heterocycles. The van der Waals surface area contributed by atoms with Crippen LogP contribution in [-0.4, -0.2) is 50.6 Å². The summed E-state index contributed by atoms with van der Waals surface area (Å²) in [7, 11) is 1.76. The van der Waals surface area contributed by atoms with E-state index in [4.69, 9.17) is 15.0 Å². The van der Waals surface area contributed by atoms with Crippen molar-refractivity contribution in [2.45, 2.75) is 26.0 Å². The Morgan fingerprint density at radius 2 is 2.24 bits per heavy atom. The molecule has 3 rings (SSSR count). The zero-order chi connectivity index (χ0) is 15.0. The van der Waals surface area contributed by atoms with E-state index in [1.54, 1.807) is 17.9 Å². The number of anilines is 1. The summed E-state index contributed by atoms with van der Waals surface area (Å²) in [6.45, 7) is 6.69. The molecule has 2 N–H and O–H groups in total. The van der Waals surface area contributed by atoms with Crippen molar-refractivity contribution >= 4 is 5.82 Å². The summed E-state index contributed by atoms with van der Waals surface area (Å²) in [5.41, 5.74) is 6.56. The van der Waals surface area contributed by atoms with Crippen LogP contribution in [0.15, 0.2) is 10.7 Å². The lowest BCUT2D eigenvalue weighted by molar-refractivity contribution is -0.0450. The van der Waals surface area contributed by atoms with Gasteiger partial charge in [-0.1, -0.05) is 5.16 Å². The first-order valence-electron chi connectivity index (χ1n) is 7.03. The van der Waals surface area contributed by atoms with E-state index in [0.29, 0.717) is 35.7 Å². The Morgan fingerprint density at radius 3 is 2.90 bits per heavy atom. The summed E-state index contributed by atoms with van der Waals surface area (Å²) in [5, 5.41) is 8.10. The third-order valence-corrected chi connectivity index (χ3v) is 3.77. The van der Waals surface area contributed by atoms with E-state index in [0.717, 1.165) is 13.1 Å². The molecule has 0 amide bonds. The molecule has 0 bridgehead atoms. The van der Waals surface area contributed by atoms with Crippen LogP contribution in [0, 0.1) is 0 Å². The fourth-order valence-corrected chi connectivity index (χ4v) is 2.38. The molecule has 0 saturated carbocycles. The van der Waals surface area contributed by atoms with Gasteiger partial charge in [0.05, 0.1) is 12.8 Å². The van der Waals surface area contributed by atoms with Crippen LogP contribution in [0.5, 0.6) is 0 Å². The maximum Gasteiger partial charge on any atom is 0.263 e. The predicted molar refractivity (Wildman–Crippen MR) is 76.3 cm³/mol. The summed E-state index contributed by atoms with van der Waals surface area (Å²) in [4.78, 5) is 6.75. The van der Waals surface area contributed by atoms with Crippen LogP contribution in [0.4, 0.5) is 5.82 Å². The molecular formula is C13H20N6O2. The van der Waals surface area contributed by atoms with Crippen LogP contribution in [0.3, 0.4) is 0 Å². The molecule has 8 heteroatoms. The van der Waals surface area contributed by atoms with Crippen molar-refractivity contribution in [3.05, 3.63) is 12.0 Å². The van der Waals surface area contributed by atoms with Crippen LogP contribution >= 0.6 is 0 Å². The van der Waals surface area contributed by atoms with Gasteiger partial charge >= 0.3 is 0 Å². The van der Waals surface area contributed by atoms with Gasteiger partial charge in [-0.15, -0.1) is 0 Å². The van der Waals surface area contributed by atoms with Gasteiger partial charge in [0.15, 0.2) is 0 Å². The number of rotatable bonds is 3. The lowest BCUT2D eigenvalue weighted by atomic mass is 10.2. The number of nitrogen functional groups attached to an aromatic ring is 1. The maximum absolute atomic E-state index is 5.92. The van der Waals surface area contributed by atoms with E-state index in [-0.39, 0.29) is 6.10 Å². The second-order valence-electron chi connectivity index (χ2n) is 5.47. The van der Waals surface area contributed by atoms with E-state index in [1.165, 1.54) is 0 Å². The van der Waals surface area contributed by atoms with Gasteiger partial charge in [0.2, 0.25) is 5.82 Å². The first kappa shape index (κ1) is 14.0. The molecule has 1 aliphatic rings. The molecule has 2 aromatic heterocycles. The summed E-state index contributed by atoms with van der Waals surface area (Å²) < 4.78 is 12.6. The van der Waals surface area contributed by atoms with Crippen molar-refractivity contribution in [2.75, 3.05) is 25.4 Å². The highest BCUT2D eigenvalue weighted by atomic mass is 16.5. The van der Waals surface area contributed by atoms with Crippen molar-refractivity contribution in [1.29, 1.82) is 0 Å². The standard InChI is InChI=1S/C13H20N6O2/c1-8(2)19-4-5-20-10(7-19)12-16-13(21-17-12)9-6-15-18(3)11(9)14/h6,8,10H,4-5,7,14H2,1-3H3. The average Bonchev–Trinajstić information content (AvgIpc) is 3.07. The zero-order valence-corrected chi connectivity index (χ0v) is 12.5. The SMILES string of the molecule is CC(C)N1CCOC(c2noc(-c3cnn(C)c3N)n2)C1. The molecule has 0 spiro atoms. The lowest BCUT2D eigenvalue weighted by Crippen LogP contribution is -2.42. The van der Waals surface area contributed by atoms with Crippen molar-refractivity contribution in [2.24, 2.45) is 7.05 Å². The van der Waals surface area contributed by atoms with E-state index >= 15 is 0 Å². The molecule has 2 aromatic rings. The van der Waals surface area contributed by atoms with Crippen molar-refractivity contribution < 1.29 is 9.26 Å². The number of nitrogens with two attached hydrogens (primary N) is 1. The molecule has 114 valence electrons. The number of hydrogen-bond acceptors (Lipinski definition) is 7. The smallest absolute Gasteiger partial charge is 0.263 e. The van der Waals surface area contributed by atoms with Gasteiger partial charge in [-0.2, -0.15) is 10.1 Å². The van der Waals surface area contributed by atoms with Crippen LogP contribution < -0.4 is 5.73 Å². The topological polar surface area (TPSA) is 95.2 Å². The van der Waals surface area contributed by atoms with E-state index < -0.39 is 0 Å². The predicted octanol–water partition coefficient (Wildman–Crippen LogP) is 0.834. The number of nitrogens with zero attached hydrogens (tertiary/aromatic N) is 5. The molecule has 1 unspecified atom stereocenters. The number of hydrogen-bond donors (Lipinski definition) is 1. The van der Waals surface area contributed by atoms with Gasteiger partial charge in [0.1, 0.15) is 17.5 Å². The number of morpholine rings is 1. The second kappa shape index (κ2) is 5.45. The number of ether oxygens (including phenoxy) is 1. The molecule has 1 saturated heterocycles. The number of aromatic nitrogens is 4. The summed E-state index contributed by atoms with van der Waals surface area (Å²) in [6.07, 6.45) is 1.45. The summed E-state index contributed by atoms with van der Waals surface area (Å²) >= 11 is 0. The summed E-state index contributed by atoms with van der Waals surface area (Å²) in [5.74, 6) is 1.43. The van der Waals surface area contributed by atoms with Gasteiger partial charge in [-0.05, 0) is 13.8 Å². The monoisotopic (exact) mass is 292 g/mol. The molecule has 8 nitrogen and oxygen atoms in total. The highest BCUT2D eigenvalue weighted by molar-refractivity contribution is 5.66. The second-order valence-corrected chi connectivity index (χ2v) is 5.47. The molecule has 0 aliphatic carbocycles. The maximum atomic E-state index is 5.92. The third-order valence-electron chi connectivity index (χ3n) is 3.77. The Kier molecular flexibility index (Phi) is 3.64. The van der Waals surface area contributed by atoms with E-state index in [9.17, 15) is 0 Å². The first-order valence-corrected chi connectivity index (χ1v) is 7.03. The largest absolute Gasteiger partial charge is 0.383 e. The van der Waals surface area contributed by atoms with Crippen LogP contribution in [0.25, 0.3) is 11.5 Å². The highest BCUT2D eigenvalue weighted by Gasteiger charge is 2.28. The van der Waals surface area contributed by atoms with Crippen LogP contribution in [-0.2, 0) is 11.8 Å². The molecule has 1 fully saturated rings. The van der Waals surface area contributed by atoms with Gasteiger partial charge in [0.25, 0.3) is 5.89 Å². The zero-order valence-electron chi connectivity index (χ0n) is 12.5. The number of aryl methyl sites for hydroxylation is 1. The minimum absolute atomic E-state index is 0.170. The van der Waals surface area contributed by atoms with E-state index in [1.807, 2.05) is 0 Å². The average molecular weight is 292 g/mol. The normalized spacial score (nSPS) is 20.3. The third kappa shape index (κ3) is 2.64.